The summed E-state index contributed by atoms with van der Waals surface area (Å²) in [6, 6.07) is 17.7. The van der Waals surface area contributed by atoms with E-state index in [2.05, 4.69) is 5.32 Å². The zero-order valence-corrected chi connectivity index (χ0v) is 14.2. The van der Waals surface area contributed by atoms with Crippen molar-refractivity contribution in [2.24, 2.45) is 0 Å². The Kier molecular flexibility index (Phi) is 7.05. The molecule has 0 aliphatic heterocycles. The lowest BCUT2D eigenvalue weighted by Crippen LogP contribution is -2.30. The molecule has 126 valence electrons. The molecular weight excluding hydrogens is 300 g/mol. The third-order valence-electron chi connectivity index (χ3n) is 3.41. The summed E-state index contributed by atoms with van der Waals surface area (Å²) in [6.07, 6.45) is 3.35. The van der Waals surface area contributed by atoms with Gasteiger partial charge in [-0.25, -0.2) is 0 Å². The van der Waals surface area contributed by atoms with Gasteiger partial charge in [0.2, 0.25) is 5.91 Å². The summed E-state index contributed by atoms with van der Waals surface area (Å²) in [5, 5.41) is 2.84. The molecule has 1 N–H and O–H groups in total. The molecule has 24 heavy (non-hydrogen) atoms. The molecule has 4 heteroatoms. The molecule has 2 aromatic rings. The van der Waals surface area contributed by atoms with Gasteiger partial charge in [-0.05, 0) is 43.4 Å². The summed E-state index contributed by atoms with van der Waals surface area (Å²) in [7, 11) is 3.95. The van der Waals surface area contributed by atoms with Crippen molar-refractivity contribution in [3.63, 3.8) is 0 Å². The predicted molar refractivity (Wildman–Crippen MR) is 97.8 cm³/mol. The quantitative estimate of drug-likeness (QED) is 0.759. The van der Waals surface area contributed by atoms with E-state index < -0.39 is 0 Å². The lowest BCUT2D eigenvalue weighted by atomic mass is 10.2. The fourth-order valence-electron chi connectivity index (χ4n) is 2.05. The van der Waals surface area contributed by atoms with Crippen LogP contribution in [0, 0.1) is 0 Å². The molecule has 0 aliphatic rings. The molecule has 0 aromatic heterocycles. The van der Waals surface area contributed by atoms with Crippen LogP contribution in [0.2, 0.25) is 0 Å². The fraction of sp³-hybridized carbons (Fsp3) is 0.250. The molecule has 2 aromatic carbocycles. The van der Waals surface area contributed by atoms with Crippen LogP contribution in [0.5, 0.6) is 5.75 Å². The standard InChI is InChI=1S/C20H24N2O2/c1-22(2)15-14-21-20(23)13-10-17-8-11-19(12-9-17)24-16-18-6-4-3-5-7-18/h3-13H,14-16H2,1-2H3,(H,21,23)/b13-10+. The second kappa shape index (κ2) is 9.53. The van der Waals surface area contributed by atoms with Crippen LogP contribution >= 0.6 is 0 Å². The smallest absolute Gasteiger partial charge is 0.244 e. The minimum atomic E-state index is -0.0822. The van der Waals surface area contributed by atoms with E-state index >= 15 is 0 Å². The molecule has 0 radical (unpaired) electrons. The summed E-state index contributed by atoms with van der Waals surface area (Å²) >= 11 is 0. The number of nitrogens with zero attached hydrogens (tertiary/aromatic N) is 1. The molecule has 0 saturated carbocycles. The van der Waals surface area contributed by atoms with Crippen LogP contribution in [0.3, 0.4) is 0 Å². The topological polar surface area (TPSA) is 41.6 Å². The highest BCUT2D eigenvalue weighted by molar-refractivity contribution is 5.91. The average molecular weight is 324 g/mol. The Hall–Kier alpha value is -2.59. The molecule has 0 saturated heterocycles. The Morgan fingerprint density at radius 2 is 1.79 bits per heavy atom. The van der Waals surface area contributed by atoms with E-state index in [1.54, 1.807) is 12.2 Å². The molecule has 0 atom stereocenters. The molecule has 0 unspecified atom stereocenters. The van der Waals surface area contributed by atoms with Gasteiger partial charge in [0.1, 0.15) is 12.4 Å². The second-order valence-corrected chi connectivity index (χ2v) is 5.77. The third-order valence-corrected chi connectivity index (χ3v) is 3.41. The Morgan fingerprint density at radius 1 is 1.08 bits per heavy atom. The number of nitrogens with one attached hydrogen (secondary N) is 1. The van der Waals surface area contributed by atoms with Crippen molar-refractivity contribution >= 4 is 12.0 Å². The molecule has 0 bridgehead atoms. The van der Waals surface area contributed by atoms with E-state index in [9.17, 15) is 4.79 Å². The predicted octanol–water partition coefficient (Wildman–Crippen LogP) is 2.96. The summed E-state index contributed by atoms with van der Waals surface area (Å²) < 4.78 is 5.74. The molecule has 0 fully saturated rings. The summed E-state index contributed by atoms with van der Waals surface area (Å²) in [4.78, 5) is 13.7. The number of amides is 1. The number of ether oxygens (including phenoxy) is 1. The first kappa shape index (κ1) is 17.8. The van der Waals surface area contributed by atoms with Crippen molar-refractivity contribution < 1.29 is 9.53 Å². The van der Waals surface area contributed by atoms with Gasteiger partial charge in [0.15, 0.2) is 0 Å². The van der Waals surface area contributed by atoms with Gasteiger partial charge in [0.25, 0.3) is 0 Å². The van der Waals surface area contributed by atoms with Crippen molar-refractivity contribution in [2.45, 2.75) is 6.61 Å². The number of hydrogen-bond acceptors (Lipinski definition) is 3. The normalized spacial score (nSPS) is 11.0. The Balaban J connectivity index is 1.79. The molecule has 2 rings (SSSR count). The highest BCUT2D eigenvalue weighted by atomic mass is 16.5. The van der Waals surface area contributed by atoms with Gasteiger partial charge < -0.3 is 15.0 Å². The Labute approximate surface area is 143 Å². The van der Waals surface area contributed by atoms with Gasteiger partial charge in [-0.3, -0.25) is 4.79 Å². The van der Waals surface area contributed by atoms with Crippen LogP contribution < -0.4 is 10.1 Å². The average Bonchev–Trinajstić information content (AvgIpc) is 2.59. The zero-order valence-electron chi connectivity index (χ0n) is 14.2. The van der Waals surface area contributed by atoms with E-state index in [1.165, 1.54) is 0 Å². The van der Waals surface area contributed by atoms with Crippen LogP contribution in [-0.4, -0.2) is 38.0 Å². The number of carbonyl (C=O) groups is 1. The maximum Gasteiger partial charge on any atom is 0.244 e. The molecule has 0 heterocycles. The zero-order chi connectivity index (χ0) is 17.2. The van der Waals surface area contributed by atoms with Crippen molar-refractivity contribution in [3.05, 3.63) is 71.8 Å². The monoisotopic (exact) mass is 324 g/mol. The number of hydrogen-bond donors (Lipinski definition) is 1. The minimum absolute atomic E-state index is 0.0822. The van der Waals surface area contributed by atoms with E-state index in [-0.39, 0.29) is 5.91 Å². The Bertz CT molecular complexity index is 649. The maximum absolute atomic E-state index is 11.7. The number of carbonyl (C=O) groups excluding carboxylic acids is 1. The van der Waals surface area contributed by atoms with Crippen LogP contribution in [0.4, 0.5) is 0 Å². The van der Waals surface area contributed by atoms with E-state index in [0.29, 0.717) is 13.2 Å². The second-order valence-electron chi connectivity index (χ2n) is 5.77. The minimum Gasteiger partial charge on any atom is -0.489 e. The summed E-state index contributed by atoms with van der Waals surface area (Å²) in [6.45, 7) is 2.01. The molecule has 4 nitrogen and oxygen atoms in total. The Morgan fingerprint density at radius 3 is 2.46 bits per heavy atom. The van der Waals surface area contributed by atoms with Gasteiger partial charge in [0.05, 0.1) is 0 Å². The van der Waals surface area contributed by atoms with Crippen LogP contribution in [0.15, 0.2) is 60.7 Å². The first-order valence-electron chi connectivity index (χ1n) is 8.01. The highest BCUT2D eigenvalue weighted by Crippen LogP contribution is 2.15. The highest BCUT2D eigenvalue weighted by Gasteiger charge is 1.98. The third kappa shape index (κ3) is 6.67. The maximum atomic E-state index is 11.7. The summed E-state index contributed by atoms with van der Waals surface area (Å²) in [5.41, 5.74) is 2.10. The first-order valence-corrected chi connectivity index (χ1v) is 8.01. The molecule has 1 amide bonds. The van der Waals surface area contributed by atoms with Crippen LogP contribution in [0.1, 0.15) is 11.1 Å². The van der Waals surface area contributed by atoms with E-state index in [0.717, 1.165) is 23.4 Å². The number of rotatable bonds is 8. The largest absolute Gasteiger partial charge is 0.489 e. The lowest BCUT2D eigenvalue weighted by molar-refractivity contribution is -0.116. The summed E-state index contributed by atoms with van der Waals surface area (Å²) in [5.74, 6) is 0.729. The van der Waals surface area contributed by atoms with Gasteiger partial charge >= 0.3 is 0 Å². The van der Waals surface area contributed by atoms with Gasteiger partial charge in [0, 0.05) is 19.2 Å². The number of benzene rings is 2. The van der Waals surface area contributed by atoms with Gasteiger partial charge in [-0.2, -0.15) is 0 Å². The van der Waals surface area contributed by atoms with Gasteiger partial charge in [-0.1, -0.05) is 42.5 Å². The SMILES string of the molecule is CN(C)CCNC(=O)/C=C/c1ccc(OCc2ccccc2)cc1. The van der Waals surface area contributed by atoms with Crippen LogP contribution in [-0.2, 0) is 11.4 Å². The molecule has 0 aliphatic carbocycles. The number of likely N-dealkylation sites (N-methyl/N-ethyl adjacent to an activating group) is 1. The van der Waals surface area contributed by atoms with Gasteiger partial charge in [-0.15, -0.1) is 0 Å². The lowest BCUT2D eigenvalue weighted by Gasteiger charge is -2.08. The van der Waals surface area contributed by atoms with E-state index in [1.807, 2.05) is 73.6 Å². The molecule has 0 spiro atoms. The van der Waals surface area contributed by atoms with Crippen LogP contribution in [0.25, 0.3) is 6.08 Å². The fourth-order valence-corrected chi connectivity index (χ4v) is 2.05. The van der Waals surface area contributed by atoms with Crippen molar-refractivity contribution in [2.75, 3.05) is 27.2 Å². The van der Waals surface area contributed by atoms with Crippen molar-refractivity contribution in [1.82, 2.24) is 10.2 Å². The molecular formula is C20H24N2O2. The first-order chi connectivity index (χ1) is 11.6. The van der Waals surface area contributed by atoms with Crippen molar-refractivity contribution in [3.8, 4) is 5.75 Å². The van der Waals surface area contributed by atoms with E-state index in [4.69, 9.17) is 4.74 Å². The van der Waals surface area contributed by atoms with Crippen molar-refractivity contribution in [1.29, 1.82) is 0 Å².